The van der Waals surface area contributed by atoms with Gasteiger partial charge in [0, 0.05) is 49.6 Å². The molecule has 1 aromatic carbocycles. The van der Waals surface area contributed by atoms with E-state index in [1.54, 1.807) is 25.3 Å². The standard InChI is InChI=1S/C27H30N4O4/c1-15-13-31(14-15)27(33)21-12-29-25(16(21)2)22(8-9-28)35-19-6-7-20-23(10-19)34-17(3)24(20)26(32)30-11-18-4-5-18/h6-10,12,15,18,28-29H,4-5,11,13-14H2,1-3H3,(H,30,32)/b22-8+,28-9?. The van der Waals surface area contributed by atoms with Gasteiger partial charge in [-0.1, -0.05) is 6.92 Å². The Bertz CT molecular complexity index is 1340. The Balaban J connectivity index is 1.38. The Hall–Kier alpha value is -3.81. The molecule has 1 saturated carbocycles. The normalized spacial score (nSPS) is 16.3. The number of H-pyrrole nitrogens is 1. The molecule has 0 atom stereocenters. The number of amides is 2. The second-order valence-electron chi connectivity index (χ2n) is 9.66. The molecule has 3 heterocycles. The lowest BCUT2D eigenvalue weighted by Crippen LogP contribution is -2.48. The van der Waals surface area contributed by atoms with Gasteiger partial charge < -0.3 is 29.8 Å². The monoisotopic (exact) mass is 474 g/mol. The molecule has 8 heteroatoms. The first-order valence-corrected chi connectivity index (χ1v) is 12.0. The van der Waals surface area contributed by atoms with Crippen LogP contribution in [0.2, 0.25) is 0 Å². The molecule has 2 fully saturated rings. The molecule has 3 aromatic rings. The molecule has 2 amide bonds. The lowest BCUT2D eigenvalue weighted by Gasteiger charge is -2.37. The zero-order valence-electron chi connectivity index (χ0n) is 20.2. The first kappa shape index (κ1) is 23.0. The highest BCUT2D eigenvalue weighted by atomic mass is 16.5. The van der Waals surface area contributed by atoms with Gasteiger partial charge in [0.1, 0.15) is 17.1 Å². The molecular weight excluding hydrogens is 444 g/mol. The zero-order chi connectivity index (χ0) is 24.7. The van der Waals surface area contributed by atoms with Crippen molar-refractivity contribution in [3.05, 3.63) is 58.6 Å². The van der Waals surface area contributed by atoms with Crippen molar-refractivity contribution in [1.29, 1.82) is 5.41 Å². The van der Waals surface area contributed by atoms with E-state index >= 15 is 0 Å². The summed E-state index contributed by atoms with van der Waals surface area (Å²) in [5.74, 6) is 2.47. The van der Waals surface area contributed by atoms with Gasteiger partial charge in [0.15, 0.2) is 5.76 Å². The smallest absolute Gasteiger partial charge is 0.255 e. The van der Waals surface area contributed by atoms with Gasteiger partial charge in [0.2, 0.25) is 0 Å². The lowest BCUT2D eigenvalue weighted by atomic mass is 10.0. The van der Waals surface area contributed by atoms with Crippen molar-refractivity contribution in [2.75, 3.05) is 19.6 Å². The quantitative estimate of drug-likeness (QED) is 0.325. The number of hydrogen-bond acceptors (Lipinski definition) is 5. The van der Waals surface area contributed by atoms with Crippen molar-refractivity contribution in [3.8, 4) is 5.75 Å². The van der Waals surface area contributed by atoms with Gasteiger partial charge in [-0.3, -0.25) is 9.59 Å². The fourth-order valence-corrected chi connectivity index (χ4v) is 4.57. The molecule has 1 saturated heterocycles. The highest BCUT2D eigenvalue weighted by Crippen LogP contribution is 2.32. The van der Waals surface area contributed by atoms with Gasteiger partial charge in [0.25, 0.3) is 11.8 Å². The number of furan rings is 1. The number of aromatic nitrogens is 1. The van der Waals surface area contributed by atoms with Gasteiger partial charge >= 0.3 is 0 Å². The van der Waals surface area contributed by atoms with E-state index in [0.29, 0.717) is 58.1 Å². The fraction of sp³-hybridized carbons (Fsp3) is 0.370. The molecule has 2 aliphatic rings. The summed E-state index contributed by atoms with van der Waals surface area (Å²) in [4.78, 5) is 30.5. The van der Waals surface area contributed by atoms with Crippen molar-refractivity contribution in [3.63, 3.8) is 0 Å². The Morgan fingerprint density at radius 1 is 1.29 bits per heavy atom. The molecule has 0 unspecified atom stereocenters. The number of rotatable bonds is 8. The van der Waals surface area contributed by atoms with E-state index < -0.39 is 0 Å². The van der Waals surface area contributed by atoms with Crippen molar-refractivity contribution >= 4 is 34.8 Å². The summed E-state index contributed by atoms with van der Waals surface area (Å²) in [5.41, 5.74) is 3.11. The summed E-state index contributed by atoms with van der Waals surface area (Å²) in [6.07, 6.45) is 6.72. The number of nitrogens with one attached hydrogen (secondary N) is 3. The second kappa shape index (κ2) is 9.09. The Kier molecular flexibility index (Phi) is 5.96. The first-order valence-electron chi connectivity index (χ1n) is 12.0. The number of carbonyl (C=O) groups excluding carboxylic acids is 2. The van der Waals surface area contributed by atoms with Crippen molar-refractivity contribution in [1.82, 2.24) is 15.2 Å². The average Bonchev–Trinajstić information content (AvgIpc) is 3.47. The number of aromatic amines is 1. The number of carbonyl (C=O) groups is 2. The van der Waals surface area contributed by atoms with Crippen LogP contribution in [-0.2, 0) is 0 Å². The summed E-state index contributed by atoms with van der Waals surface area (Å²) in [6, 6.07) is 5.33. The SMILES string of the molecule is Cc1oc2cc(O/C(=C/C=N)c3[nH]cc(C(=O)N4CC(C)C4)c3C)ccc2c1C(=O)NCC1CC1. The molecule has 0 radical (unpaired) electrons. The minimum atomic E-state index is -0.123. The second-order valence-corrected chi connectivity index (χ2v) is 9.66. The predicted octanol–water partition coefficient (Wildman–Crippen LogP) is 4.68. The molecule has 8 nitrogen and oxygen atoms in total. The summed E-state index contributed by atoms with van der Waals surface area (Å²) in [5, 5.41) is 11.3. The summed E-state index contributed by atoms with van der Waals surface area (Å²) >= 11 is 0. The van der Waals surface area contributed by atoms with Crippen LogP contribution in [0.5, 0.6) is 5.75 Å². The maximum absolute atomic E-state index is 12.8. The number of allylic oxidation sites excluding steroid dienone is 1. The molecule has 35 heavy (non-hydrogen) atoms. The highest BCUT2D eigenvalue weighted by molar-refractivity contribution is 6.07. The molecule has 1 aliphatic heterocycles. The number of hydrogen-bond donors (Lipinski definition) is 3. The van der Waals surface area contributed by atoms with Crippen molar-refractivity contribution in [2.45, 2.75) is 33.6 Å². The number of fused-ring (bicyclic) bond motifs is 1. The van der Waals surface area contributed by atoms with E-state index in [1.165, 1.54) is 18.9 Å². The number of aryl methyl sites for hydroxylation is 1. The third-order valence-electron chi connectivity index (χ3n) is 6.74. The van der Waals surface area contributed by atoms with Gasteiger partial charge in [-0.15, -0.1) is 0 Å². The molecule has 0 bridgehead atoms. The summed E-state index contributed by atoms with van der Waals surface area (Å²) in [7, 11) is 0. The van der Waals surface area contributed by atoms with E-state index in [2.05, 4.69) is 17.2 Å². The van der Waals surface area contributed by atoms with Crippen LogP contribution in [0.3, 0.4) is 0 Å². The Labute approximate surface area is 203 Å². The maximum atomic E-state index is 12.8. The van der Waals surface area contributed by atoms with Crippen LogP contribution < -0.4 is 10.1 Å². The van der Waals surface area contributed by atoms with Crippen LogP contribution in [-0.4, -0.2) is 47.5 Å². The molecular formula is C27H30N4O4. The van der Waals surface area contributed by atoms with Gasteiger partial charge in [-0.05, 0) is 56.2 Å². The zero-order valence-corrected chi connectivity index (χ0v) is 20.2. The van der Waals surface area contributed by atoms with Crippen molar-refractivity contribution < 1.29 is 18.7 Å². The van der Waals surface area contributed by atoms with E-state index in [1.807, 2.05) is 17.9 Å². The van der Waals surface area contributed by atoms with Gasteiger partial charge in [-0.25, -0.2) is 0 Å². The third-order valence-corrected chi connectivity index (χ3v) is 6.74. The van der Waals surface area contributed by atoms with Crippen LogP contribution in [0.4, 0.5) is 0 Å². The topological polar surface area (TPSA) is 111 Å². The van der Waals surface area contributed by atoms with E-state index in [9.17, 15) is 9.59 Å². The number of nitrogens with zero attached hydrogens (tertiary/aromatic N) is 1. The van der Waals surface area contributed by atoms with E-state index in [-0.39, 0.29) is 11.8 Å². The van der Waals surface area contributed by atoms with Crippen LogP contribution >= 0.6 is 0 Å². The highest BCUT2D eigenvalue weighted by Gasteiger charge is 2.30. The molecule has 5 rings (SSSR count). The summed E-state index contributed by atoms with van der Waals surface area (Å²) < 4.78 is 12.0. The summed E-state index contributed by atoms with van der Waals surface area (Å²) in [6.45, 7) is 8.00. The first-order chi connectivity index (χ1) is 16.9. The molecule has 182 valence electrons. The van der Waals surface area contributed by atoms with E-state index in [0.717, 1.165) is 30.3 Å². The largest absolute Gasteiger partial charge is 0.460 e. The fourth-order valence-electron chi connectivity index (χ4n) is 4.57. The van der Waals surface area contributed by atoms with E-state index in [4.69, 9.17) is 14.6 Å². The average molecular weight is 475 g/mol. The molecule has 0 spiro atoms. The minimum Gasteiger partial charge on any atom is -0.460 e. The van der Waals surface area contributed by atoms with Crippen molar-refractivity contribution in [2.24, 2.45) is 11.8 Å². The number of benzene rings is 1. The lowest BCUT2D eigenvalue weighted by molar-refractivity contribution is 0.0530. The number of ether oxygens (including phenoxy) is 1. The van der Waals surface area contributed by atoms with Gasteiger partial charge in [0.05, 0.1) is 16.8 Å². The van der Waals surface area contributed by atoms with Crippen LogP contribution in [0.1, 0.15) is 57.5 Å². The third kappa shape index (κ3) is 4.48. The molecule has 3 N–H and O–H groups in total. The minimum absolute atomic E-state index is 0.00252. The van der Waals surface area contributed by atoms with Crippen LogP contribution in [0.25, 0.3) is 16.7 Å². The number of likely N-dealkylation sites (tertiary alicyclic amines) is 1. The van der Waals surface area contributed by atoms with Crippen LogP contribution in [0, 0.1) is 31.1 Å². The molecule has 2 aromatic heterocycles. The molecule has 1 aliphatic carbocycles. The van der Waals surface area contributed by atoms with Crippen LogP contribution in [0.15, 0.2) is 34.9 Å². The van der Waals surface area contributed by atoms with Gasteiger partial charge in [-0.2, -0.15) is 0 Å². The predicted molar refractivity (Wildman–Crippen MR) is 134 cm³/mol. The Morgan fingerprint density at radius 3 is 2.74 bits per heavy atom. The maximum Gasteiger partial charge on any atom is 0.255 e. The Morgan fingerprint density at radius 2 is 2.06 bits per heavy atom.